The van der Waals surface area contributed by atoms with Crippen LogP contribution in [0.3, 0.4) is 0 Å². The van der Waals surface area contributed by atoms with Gasteiger partial charge in [-0.2, -0.15) is 0 Å². The number of aromatic nitrogens is 2. The van der Waals surface area contributed by atoms with Gasteiger partial charge in [0.2, 0.25) is 0 Å². The molecule has 0 fully saturated rings. The number of para-hydroxylation sites is 6. The Morgan fingerprint density at radius 2 is 1.14 bits per heavy atom. The van der Waals surface area contributed by atoms with E-state index in [0.717, 1.165) is 84.5 Å². The fraction of sp³-hybridized carbons (Fsp3) is 0. The van der Waals surface area contributed by atoms with E-state index in [2.05, 4.69) is 159 Å². The molecular formula is C44H28BN5O. The predicted molar refractivity (Wildman–Crippen MR) is 208 cm³/mol. The Labute approximate surface area is 295 Å². The summed E-state index contributed by atoms with van der Waals surface area (Å²) in [6.07, 6.45) is 5.66. The fourth-order valence-corrected chi connectivity index (χ4v) is 8.30. The number of benzene rings is 6. The van der Waals surface area contributed by atoms with Gasteiger partial charge in [0.25, 0.3) is 6.71 Å². The zero-order chi connectivity index (χ0) is 33.5. The third kappa shape index (κ3) is 4.00. The molecule has 6 aromatic carbocycles. The van der Waals surface area contributed by atoms with Gasteiger partial charge in [-0.05, 0) is 77.1 Å². The molecule has 0 unspecified atom stereocenters. The van der Waals surface area contributed by atoms with Crippen LogP contribution in [-0.4, -0.2) is 16.7 Å². The van der Waals surface area contributed by atoms with Crippen molar-refractivity contribution in [1.82, 2.24) is 9.97 Å². The molecule has 0 saturated heterocycles. The number of hydrogen-bond acceptors (Lipinski definition) is 6. The Morgan fingerprint density at radius 3 is 1.98 bits per heavy atom. The Morgan fingerprint density at radius 1 is 0.471 bits per heavy atom. The van der Waals surface area contributed by atoms with Gasteiger partial charge >= 0.3 is 0 Å². The molecule has 5 heterocycles. The third-order valence-corrected chi connectivity index (χ3v) is 10.3. The van der Waals surface area contributed by atoms with Crippen molar-refractivity contribution in [3.8, 4) is 11.5 Å². The first-order valence-corrected chi connectivity index (χ1v) is 17.2. The molecule has 6 nitrogen and oxygen atoms in total. The number of rotatable bonds is 3. The van der Waals surface area contributed by atoms with Crippen LogP contribution >= 0.6 is 0 Å². The van der Waals surface area contributed by atoms with E-state index in [0.29, 0.717) is 0 Å². The van der Waals surface area contributed by atoms with Crippen LogP contribution in [0.2, 0.25) is 0 Å². The van der Waals surface area contributed by atoms with Crippen molar-refractivity contribution in [2.45, 2.75) is 0 Å². The summed E-state index contributed by atoms with van der Waals surface area (Å²) < 4.78 is 6.99. The number of pyridine rings is 2. The molecule has 238 valence electrons. The van der Waals surface area contributed by atoms with Gasteiger partial charge in [0, 0.05) is 35.2 Å². The standard InChI is InChI=1S/C44H28BN5O/c1-2-15-30(16-3-1)48-35-21-7-8-22-36(35)50(37-23-10-13-29-14-11-26-47-42(29)37)38-27-40-41-44(43(38)48)49(31-17-12-25-46-28-31)34-20-6-4-18-32(34)45(41)33-19-5-9-24-39(33)51-40/h1-28H. The van der Waals surface area contributed by atoms with Gasteiger partial charge in [-0.1, -0.05) is 84.9 Å². The number of nitrogens with zero attached hydrogens (tertiary/aromatic N) is 5. The second-order valence-electron chi connectivity index (χ2n) is 13.0. The molecule has 8 aromatic rings. The Balaban J connectivity index is 1.33. The van der Waals surface area contributed by atoms with Crippen molar-refractivity contribution in [2.75, 3.05) is 14.7 Å². The summed E-state index contributed by atoms with van der Waals surface area (Å²) in [5, 5.41) is 1.08. The maximum Gasteiger partial charge on any atom is 0.256 e. The molecule has 51 heavy (non-hydrogen) atoms. The van der Waals surface area contributed by atoms with E-state index < -0.39 is 0 Å². The minimum absolute atomic E-state index is 0.0446. The highest BCUT2D eigenvalue weighted by Gasteiger charge is 2.46. The molecule has 0 atom stereocenters. The summed E-state index contributed by atoms with van der Waals surface area (Å²) >= 11 is 0. The SMILES string of the molecule is c1ccc(N2c3ccccc3N(c3cccc4cccnc34)c3cc4c5c(c32)N(c2cccnc2)c2ccccc2B5c2ccccc2O4)cc1. The quantitative estimate of drug-likeness (QED) is 0.177. The second kappa shape index (κ2) is 10.8. The summed E-state index contributed by atoms with van der Waals surface area (Å²) in [4.78, 5) is 16.8. The molecule has 11 rings (SSSR count). The Hall–Kier alpha value is -6.86. The molecule has 0 amide bonds. The van der Waals surface area contributed by atoms with Gasteiger partial charge in [-0.25, -0.2) is 0 Å². The summed E-state index contributed by atoms with van der Waals surface area (Å²) in [6.45, 7) is -0.0446. The molecule has 0 radical (unpaired) electrons. The first-order chi connectivity index (χ1) is 25.3. The maximum atomic E-state index is 6.99. The van der Waals surface area contributed by atoms with Crippen LogP contribution in [0.25, 0.3) is 10.9 Å². The van der Waals surface area contributed by atoms with Crippen molar-refractivity contribution < 1.29 is 4.74 Å². The molecular weight excluding hydrogens is 625 g/mol. The molecule has 0 N–H and O–H groups in total. The first-order valence-electron chi connectivity index (χ1n) is 17.2. The summed E-state index contributed by atoms with van der Waals surface area (Å²) in [6, 6.07) is 53.5. The first kappa shape index (κ1) is 28.0. The molecule has 0 saturated carbocycles. The van der Waals surface area contributed by atoms with Gasteiger partial charge in [-0.15, -0.1) is 0 Å². The third-order valence-electron chi connectivity index (χ3n) is 10.3. The van der Waals surface area contributed by atoms with Gasteiger partial charge in [0.15, 0.2) is 0 Å². The zero-order valence-corrected chi connectivity index (χ0v) is 27.4. The molecule has 0 aliphatic carbocycles. The molecule has 2 aromatic heterocycles. The van der Waals surface area contributed by atoms with E-state index >= 15 is 0 Å². The lowest BCUT2D eigenvalue weighted by Crippen LogP contribution is -2.59. The van der Waals surface area contributed by atoms with Gasteiger partial charge < -0.3 is 19.4 Å². The van der Waals surface area contributed by atoms with E-state index in [1.54, 1.807) is 0 Å². The predicted octanol–water partition coefficient (Wildman–Crippen LogP) is 9.29. The van der Waals surface area contributed by atoms with Crippen molar-refractivity contribution >= 4 is 85.2 Å². The molecule has 3 aliphatic rings. The minimum Gasteiger partial charge on any atom is -0.458 e. The van der Waals surface area contributed by atoms with E-state index in [-0.39, 0.29) is 6.71 Å². The molecule has 3 aliphatic heterocycles. The summed E-state index contributed by atoms with van der Waals surface area (Å²) in [5.41, 5.74) is 13.8. The van der Waals surface area contributed by atoms with Gasteiger partial charge in [-0.3, -0.25) is 9.97 Å². The monoisotopic (exact) mass is 653 g/mol. The van der Waals surface area contributed by atoms with Crippen LogP contribution in [0.4, 0.5) is 51.2 Å². The fourth-order valence-electron chi connectivity index (χ4n) is 8.30. The van der Waals surface area contributed by atoms with Crippen molar-refractivity contribution in [3.63, 3.8) is 0 Å². The summed E-state index contributed by atoms with van der Waals surface area (Å²) in [7, 11) is 0. The van der Waals surface area contributed by atoms with Crippen molar-refractivity contribution in [1.29, 1.82) is 0 Å². The number of fused-ring (bicyclic) bond motifs is 8. The topological polar surface area (TPSA) is 44.7 Å². The Bertz CT molecular complexity index is 2660. The largest absolute Gasteiger partial charge is 0.458 e. The lowest BCUT2D eigenvalue weighted by atomic mass is 9.34. The zero-order valence-electron chi connectivity index (χ0n) is 27.4. The van der Waals surface area contributed by atoms with Crippen LogP contribution in [-0.2, 0) is 0 Å². The second-order valence-corrected chi connectivity index (χ2v) is 13.0. The lowest BCUT2D eigenvalue weighted by molar-refractivity contribution is 0.487. The van der Waals surface area contributed by atoms with Crippen LogP contribution in [0, 0.1) is 0 Å². The average Bonchev–Trinajstić information content (AvgIpc) is 3.20. The van der Waals surface area contributed by atoms with E-state index in [9.17, 15) is 0 Å². The van der Waals surface area contributed by atoms with Crippen LogP contribution in [0.15, 0.2) is 170 Å². The molecule has 7 heteroatoms. The molecule has 0 bridgehead atoms. The summed E-state index contributed by atoms with van der Waals surface area (Å²) in [5.74, 6) is 1.71. The van der Waals surface area contributed by atoms with Gasteiger partial charge in [0.1, 0.15) is 11.5 Å². The number of ether oxygens (including phenoxy) is 1. The highest BCUT2D eigenvalue weighted by molar-refractivity contribution is 6.99. The van der Waals surface area contributed by atoms with E-state index in [1.807, 2.05) is 30.7 Å². The normalized spacial score (nSPS) is 13.5. The van der Waals surface area contributed by atoms with Gasteiger partial charge in [0.05, 0.1) is 51.5 Å². The number of hydrogen-bond donors (Lipinski definition) is 0. The van der Waals surface area contributed by atoms with E-state index in [4.69, 9.17) is 9.72 Å². The van der Waals surface area contributed by atoms with Crippen LogP contribution in [0.5, 0.6) is 11.5 Å². The average molecular weight is 654 g/mol. The smallest absolute Gasteiger partial charge is 0.256 e. The van der Waals surface area contributed by atoms with Crippen LogP contribution in [0.1, 0.15) is 0 Å². The molecule has 0 spiro atoms. The highest BCUT2D eigenvalue weighted by atomic mass is 16.5. The highest BCUT2D eigenvalue weighted by Crippen LogP contribution is 2.60. The Kier molecular flexibility index (Phi) is 5.95. The minimum atomic E-state index is -0.0446. The number of anilines is 9. The van der Waals surface area contributed by atoms with Crippen LogP contribution < -0.4 is 35.8 Å². The van der Waals surface area contributed by atoms with E-state index in [1.165, 1.54) is 5.46 Å². The van der Waals surface area contributed by atoms with Crippen molar-refractivity contribution in [2.24, 2.45) is 0 Å². The maximum absolute atomic E-state index is 6.99. The van der Waals surface area contributed by atoms with Crippen molar-refractivity contribution in [3.05, 3.63) is 170 Å². The lowest BCUT2D eigenvalue weighted by Gasteiger charge is -2.47.